The maximum Gasteiger partial charge on any atom is 0.240 e. The summed E-state index contributed by atoms with van der Waals surface area (Å²) in [5.41, 5.74) is 5.82. The Morgan fingerprint density at radius 3 is 2.37 bits per heavy atom. The number of carbonyl (C=O) groups excluding carboxylic acids is 1. The van der Waals surface area contributed by atoms with Crippen molar-refractivity contribution in [3.63, 3.8) is 0 Å². The van der Waals surface area contributed by atoms with Crippen LogP contribution in [-0.4, -0.2) is 66.2 Å². The number of hydrogen-bond donors (Lipinski definition) is 2. The van der Waals surface area contributed by atoms with E-state index in [1.807, 2.05) is 20.8 Å². The molecule has 1 atom stereocenters. The van der Waals surface area contributed by atoms with Crippen LogP contribution in [0.25, 0.3) is 0 Å². The number of nitrogens with zero attached hydrogens (tertiary/aromatic N) is 2. The molecule has 0 aliphatic carbocycles. The monoisotopic (exact) mass is 271 g/mol. The van der Waals surface area contributed by atoms with E-state index in [0.29, 0.717) is 6.54 Å². The molecule has 19 heavy (non-hydrogen) atoms. The molecule has 1 rings (SSSR count). The number of aliphatic hydroxyl groups excluding tert-OH is 1. The highest BCUT2D eigenvalue weighted by Gasteiger charge is 2.34. The molecule has 5 nitrogen and oxygen atoms in total. The fourth-order valence-corrected chi connectivity index (χ4v) is 2.44. The molecule has 1 fully saturated rings. The zero-order chi connectivity index (χ0) is 14.6. The van der Waals surface area contributed by atoms with Gasteiger partial charge in [0.15, 0.2) is 0 Å². The first-order valence-electron chi connectivity index (χ1n) is 7.13. The highest BCUT2D eigenvalue weighted by Crippen LogP contribution is 2.22. The number of carbonyl (C=O) groups is 1. The van der Waals surface area contributed by atoms with Gasteiger partial charge < -0.3 is 20.6 Å². The molecule has 1 heterocycles. The summed E-state index contributed by atoms with van der Waals surface area (Å²) in [5, 5.41) is 9.21. The minimum absolute atomic E-state index is 0.00502. The van der Waals surface area contributed by atoms with Crippen LogP contribution in [0.3, 0.4) is 0 Å². The van der Waals surface area contributed by atoms with Gasteiger partial charge in [0.1, 0.15) is 0 Å². The number of amides is 1. The summed E-state index contributed by atoms with van der Waals surface area (Å²) in [6.07, 6.45) is 1.91. The molecule has 0 aromatic heterocycles. The van der Waals surface area contributed by atoms with E-state index >= 15 is 0 Å². The summed E-state index contributed by atoms with van der Waals surface area (Å²) in [7, 11) is 2.09. The van der Waals surface area contributed by atoms with Gasteiger partial charge in [0.2, 0.25) is 5.91 Å². The van der Waals surface area contributed by atoms with Crippen molar-refractivity contribution in [3.05, 3.63) is 0 Å². The van der Waals surface area contributed by atoms with Gasteiger partial charge in [0.05, 0.1) is 12.6 Å². The molecule has 0 saturated carbocycles. The van der Waals surface area contributed by atoms with Crippen molar-refractivity contribution in [1.29, 1.82) is 0 Å². The van der Waals surface area contributed by atoms with Crippen molar-refractivity contribution in [1.82, 2.24) is 9.80 Å². The summed E-state index contributed by atoms with van der Waals surface area (Å²) >= 11 is 0. The predicted octanol–water partition coefficient (Wildman–Crippen LogP) is 0.275. The van der Waals surface area contributed by atoms with E-state index in [1.165, 1.54) is 0 Å². The van der Waals surface area contributed by atoms with Crippen molar-refractivity contribution in [2.24, 2.45) is 11.1 Å². The van der Waals surface area contributed by atoms with E-state index in [9.17, 15) is 9.90 Å². The van der Waals surface area contributed by atoms with Crippen LogP contribution < -0.4 is 5.73 Å². The number of nitrogens with two attached hydrogens (primary N) is 1. The van der Waals surface area contributed by atoms with Gasteiger partial charge in [-0.1, -0.05) is 20.8 Å². The van der Waals surface area contributed by atoms with Gasteiger partial charge in [-0.2, -0.15) is 0 Å². The predicted molar refractivity (Wildman–Crippen MR) is 76.7 cm³/mol. The van der Waals surface area contributed by atoms with Crippen LogP contribution in [0.2, 0.25) is 0 Å². The highest BCUT2D eigenvalue weighted by molar-refractivity contribution is 5.82. The number of aliphatic hydroxyl groups is 1. The number of hydrogen-bond acceptors (Lipinski definition) is 4. The van der Waals surface area contributed by atoms with Crippen LogP contribution in [0, 0.1) is 5.41 Å². The third-order valence-corrected chi connectivity index (χ3v) is 3.95. The molecular weight excluding hydrogens is 242 g/mol. The van der Waals surface area contributed by atoms with Gasteiger partial charge in [-0.25, -0.2) is 0 Å². The fraction of sp³-hybridized carbons (Fsp3) is 0.929. The molecule has 0 radical (unpaired) electrons. The van der Waals surface area contributed by atoms with Crippen molar-refractivity contribution in [3.8, 4) is 0 Å². The van der Waals surface area contributed by atoms with Gasteiger partial charge in [0, 0.05) is 12.6 Å². The van der Waals surface area contributed by atoms with Gasteiger partial charge in [0.25, 0.3) is 0 Å². The summed E-state index contributed by atoms with van der Waals surface area (Å²) in [5.74, 6) is -0.0314. The maximum atomic E-state index is 12.5. The molecule has 112 valence electrons. The van der Waals surface area contributed by atoms with E-state index in [4.69, 9.17) is 5.73 Å². The van der Waals surface area contributed by atoms with E-state index in [0.717, 1.165) is 25.9 Å². The Kier molecular flexibility index (Phi) is 5.77. The maximum absolute atomic E-state index is 12.5. The first-order chi connectivity index (χ1) is 8.77. The molecule has 1 saturated heterocycles. The van der Waals surface area contributed by atoms with Crippen molar-refractivity contribution >= 4 is 5.91 Å². The standard InChI is InChI=1S/C14H29N3O2/c1-14(2,3)12(15)13(19)17(9-10-18)11-5-7-16(4)8-6-11/h11-12,18H,5-10,15H2,1-4H3/t12-/m0/s1. The minimum atomic E-state index is -0.515. The van der Waals surface area contributed by atoms with Crippen LogP contribution in [0.5, 0.6) is 0 Å². The zero-order valence-corrected chi connectivity index (χ0v) is 12.7. The second-order valence-corrected chi connectivity index (χ2v) is 6.63. The van der Waals surface area contributed by atoms with Gasteiger partial charge in [-0.05, 0) is 38.4 Å². The number of likely N-dealkylation sites (tertiary alicyclic amines) is 1. The fourth-order valence-electron chi connectivity index (χ4n) is 2.44. The van der Waals surface area contributed by atoms with Crippen molar-refractivity contribution in [2.45, 2.75) is 45.7 Å². The smallest absolute Gasteiger partial charge is 0.240 e. The Bertz CT molecular complexity index is 294. The lowest BCUT2D eigenvalue weighted by Gasteiger charge is -2.40. The SMILES string of the molecule is CN1CCC(N(CCO)C(=O)[C@H](N)C(C)(C)C)CC1. The average Bonchev–Trinajstić information content (AvgIpc) is 2.34. The Balaban J connectivity index is 2.74. The Morgan fingerprint density at radius 1 is 1.42 bits per heavy atom. The zero-order valence-electron chi connectivity index (χ0n) is 12.7. The average molecular weight is 271 g/mol. The summed E-state index contributed by atoms with van der Waals surface area (Å²) in [4.78, 5) is 16.6. The minimum Gasteiger partial charge on any atom is -0.395 e. The second kappa shape index (κ2) is 6.68. The lowest BCUT2D eigenvalue weighted by Crippen LogP contribution is -2.56. The molecule has 3 N–H and O–H groups in total. The van der Waals surface area contributed by atoms with Crippen LogP contribution in [0.15, 0.2) is 0 Å². The first-order valence-corrected chi connectivity index (χ1v) is 7.13. The molecule has 0 aromatic carbocycles. The molecule has 0 aromatic rings. The van der Waals surface area contributed by atoms with Crippen molar-refractivity contribution in [2.75, 3.05) is 33.3 Å². The molecule has 0 unspecified atom stereocenters. The van der Waals surface area contributed by atoms with Gasteiger partial charge in [-0.3, -0.25) is 4.79 Å². The third-order valence-electron chi connectivity index (χ3n) is 3.95. The molecule has 5 heteroatoms. The molecule has 1 aliphatic heterocycles. The van der Waals surface area contributed by atoms with Crippen molar-refractivity contribution < 1.29 is 9.90 Å². The van der Waals surface area contributed by atoms with Crippen LogP contribution in [-0.2, 0) is 4.79 Å². The van der Waals surface area contributed by atoms with Gasteiger partial charge >= 0.3 is 0 Å². The largest absolute Gasteiger partial charge is 0.395 e. The first kappa shape index (κ1) is 16.4. The topological polar surface area (TPSA) is 69.8 Å². The summed E-state index contributed by atoms with van der Waals surface area (Å²) in [6, 6.07) is -0.303. The lowest BCUT2D eigenvalue weighted by atomic mass is 9.86. The van der Waals surface area contributed by atoms with E-state index < -0.39 is 6.04 Å². The molecule has 1 aliphatic rings. The quantitative estimate of drug-likeness (QED) is 0.770. The third kappa shape index (κ3) is 4.44. The van der Waals surface area contributed by atoms with Crippen LogP contribution >= 0.6 is 0 Å². The number of piperidine rings is 1. The van der Waals surface area contributed by atoms with E-state index in [2.05, 4.69) is 11.9 Å². The second-order valence-electron chi connectivity index (χ2n) is 6.63. The Hall–Kier alpha value is -0.650. The van der Waals surface area contributed by atoms with Crippen LogP contribution in [0.4, 0.5) is 0 Å². The molecule has 0 spiro atoms. The Labute approximate surface area is 116 Å². The van der Waals surface area contributed by atoms with Crippen LogP contribution in [0.1, 0.15) is 33.6 Å². The summed E-state index contributed by atoms with van der Waals surface area (Å²) < 4.78 is 0. The molecule has 0 bridgehead atoms. The number of rotatable bonds is 4. The Morgan fingerprint density at radius 2 is 1.95 bits per heavy atom. The molecule has 1 amide bonds. The lowest BCUT2D eigenvalue weighted by molar-refractivity contribution is -0.139. The summed E-state index contributed by atoms with van der Waals surface area (Å²) in [6.45, 7) is 8.28. The van der Waals surface area contributed by atoms with Gasteiger partial charge in [-0.15, -0.1) is 0 Å². The normalized spacial score (nSPS) is 20.3. The molecular formula is C14H29N3O2. The highest BCUT2D eigenvalue weighted by atomic mass is 16.3. The van der Waals surface area contributed by atoms with E-state index in [-0.39, 0.29) is 24.0 Å². The van der Waals surface area contributed by atoms with E-state index in [1.54, 1.807) is 4.90 Å².